The molecular weight excluding hydrogens is 314 g/mol. The first kappa shape index (κ1) is 16.1. The number of methoxy groups -OCH3 is 1. The fraction of sp³-hybridized carbons (Fsp3) is 0.533. The lowest BCUT2D eigenvalue weighted by Crippen LogP contribution is -2.50. The van der Waals surface area contributed by atoms with E-state index in [9.17, 15) is 4.79 Å². The van der Waals surface area contributed by atoms with Gasteiger partial charge in [0.15, 0.2) is 0 Å². The first-order chi connectivity index (χ1) is 11.2. The van der Waals surface area contributed by atoms with Crippen molar-refractivity contribution >= 4 is 34.8 Å². The van der Waals surface area contributed by atoms with Crippen molar-refractivity contribution in [1.29, 1.82) is 0 Å². The minimum absolute atomic E-state index is 0.162. The molecular formula is C15H21N5O2S. The Balaban J connectivity index is 1.46. The van der Waals surface area contributed by atoms with E-state index >= 15 is 0 Å². The summed E-state index contributed by atoms with van der Waals surface area (Å²) < 4.78 is 8.03. The van der Waals surface area contributed by atoms with E-state index in [0.29, 0.717) is 18.5 Å². The van der Waals surface area contributed by atoms with Gasteiger partial charge in [0.2, 0.25) is 0 Å². The third kappa shape index (κ3) is 3.59. The van der Waals surface area contributed by atoms with Crippen molar-refractivity contribution in [3.63, 3.8) is 0 Å². The largest absolute Gasteiger partial charge is 0.469 e. The zero-order valence-corrected chi connectivity index (χ0v) is 14.1. The fourth-order valence-corrected chi connectivity index (χ4v) is 3.54. The smallest absolute Gasteiger partial charge is 0.306 e. The van der Waals surface area contributed by atoms with Gasteiger partial charge in [-0.2, -0.15) is 0 Å². The maximum atomic E-state index is 11.0. The van der Waals surface area contributed by atoms with E-state index < -0.39 is 0 Å². The molecule has 2 N–H and O–H groups in total. The lowest BCUT2D eigenvalue weighted by Gasteiger charge is -2.42. The van der Waals surface area contributed by atoms with Crippen LogP contribution in [0.5, 0.6) is 0 Å². The average Bonchev–Trinajstić information content (AvgIpc) is 3.00. The Morgan fingerprint density at radius 3 is 3.13 bits per heavy atom. The lowest BCUT2D eigenvalue weighted by molar-refractivity contribution is -0.140. The molecule has 0 aliphatic heterocycles. The highest BCUT2D eigenvalue weighted by Crippen LogP contribution is 2.31. The Labute approximate surface area is 139 Å². The van der Waals surface area contributed by atoms with Gasteiger partial charge in [-0.15, -0.1) is 0 Å². The Morgan fingerprint density at radius 1 is 1.52 bits per heavy atom. The SMILES string of the molecule is COC(=O)CCSNC1CC(N(C)c2ncnc3[nH]ccc23)C1. The first-order valence-corrected chi connectivity index (χ1v) is 8.62. The highest BCUT2D eigenvalue weighted by atomic mass is 32.2. The summed E-state index contributed by atoms with van der Waals surface area (Å²) in [6.45, 7) is 0. The number of rotatable bonds is 7. The van der Waals surface area contributed by atoms with E-state index in [0.717, 1.165) is 35.4 Å². The number of carbonyl (C=O) groups is 1. The van der Waals surface area contributed by atoms with Gasteiger partial charge < -0.3 is 14.6 Å². The molecule has 1 aliphatic rings. The number of hydrogen-bond acceptors (Lipinski definition) is 7. The molecule has 23 heavy (non-hydrogen) atoms. The van der Waals surface area contributed by atoms with Gasteiger partial charge in [-0.25, -0.2) is 9.97 Å². The van der Waals surface area contributed by atoms with E-state index in [1.165, 1.54) is 7.11 Å². The van der Waals surface area contributed by atoms with Crippen molar-refractivity contribution in [1.82, 2.24) is 19.7 Å². The molecule has 0 aromatic carbocycles. The van der Waals surface area contributed by atoms with Gasteiger partial charge in [0.05, 0.1) is 18.9 Å². The number of carbonyl (C=O) groups excluding carboxylic acids is 1. The van der Waals surface area contributed by atoms with Crippen molar-refractivity contribution in [3.05, 3.63) is 18.6 Å². The van der Waals surface area contributed by atoms with Crippen LogP contribution in [0.3, 0.4) is 0 Å². The number of aromatic amines is 1. The highest BCUT2D eigenvalue weighted by Gasteiger charge is 2.33. The molecule has 2 aromatic rings. The number of nitrogens with one attached hydrogen (secondary N) is 2. The molecule has 0 saturated heterocycles. The van der Waals surface area contributed by atoms with Crippen LogP contribution in [0.25, 0.3) is 11.0 Å². The second-order valence-corrected chi connectivity index (χ2v) is 6.60. The molecule has 0 atom stereocenters. The van der Waals surface area contributed by atoms with Crippen molar-refractivity contribution in [3.8, 4) is 0 Å². The van der Waals surface area contributed by atoms with Crippen LogP contribution in [0.2, 0.25) is 0 Å². The summed E-state index contributed by atoms with van der Waals surface area (Å²) in [5, 5.41) is 1.05. The van der Waals surface area contributed by atoms with E-state index in [1.807, 2.05) is 12.3 Å². The molecule has 0 radical (unpaired) electrons. The van der Waals surface area contributed by atoms with Crippen molar-refractivity contribution < 1.29 is 9.53 Å². The van der Waals surface area contributed by atoms with Crippen molar-refractivity contribution in [2.24, 2.45) is 0 Å². The van der Waals surface area contributed by atoms with E-state index in [-0.39, 0.29) is 5.97 Å². The summed E-state index contributed by atoms with van der Waals surface area (Å²) in [5.41, 5.74) is 0.870. The molecule has 7 nitrogen and oxygen atoms in total. The van der Waals surface area contributed by atoms with Gasteiger partial charge in [0.1, 0.15) is 17.8 Å². The molecule has 3 rings (SSSR count). The third-order valence-corrected chi connectivity index (χ3v) is 5.12. The van der Waals surface area contributed by atoms with E-state index in [4.69, 9.17) is 0 Å². The Bertz CT molecular complexity index is 671. The monoisotopic (exact) mass is 335 g/mol. The third-order valence-electron chi connectivity index (χ3n) is 4.21. The quantitative estimate of drug-likeness (QED) is 0.453. The number of esters is 1. The number of anilines is 1. The summed E-state index contributed by atoms with van der Waals surface area (Å²) in [6, 6.07) is 2.97. The van der Waals surface area contributed by atoms with Crippen LogP contribution in [0.1, 0.15) is 19.3 Å². The van der Waals surface area contributed by atoms with E-state index in [2.05, 4.69) is 36.4 Å². The van der Waals surface area contributed by atoms with Crippen LogP contribution < -0.4 is 9.62 Å². The number of aromatic nitrogens is 3. The predicted octanol–water partition coefficient (Wildman–Crippen LogP) is 1.73. The molecule has 0 unspecified atom stereocenters. The Kier molecular flexibility index (Phi) is 5.02. The molecule has 0 spiro atoms. The van der Waals surface area contributed by atoms with Gasteiger partial charge in [-0.05, 0) is 18.9 Å². The molecule has 1 aliphatic carbocycles. The summed E-state index contributed by atoms with van der Waals surface area (Å²) in [6.07, 6.45) is 6.06. The Morgan fingerprint density at radius 2 is 2.35 bits per heavy atom. The molecule has 0 bridgehead atoms. The number of hydrogen-bond donors (Lipinski definition) is 2. The van der Waals surface area contributed by atoms with Crippen LogP contribution in [0.15, 0.2) is 18.6 Å². The van der Waals surface area contributed by atoms with Gasteiger partial charge >= 0.3 is 5.97 Å². The maximum absolute atomic E-state index is 11.0. The summed E-state index contributed by atoms with van der Waals surface area (Å²) in [4.78, 5) is 25.0. The maximum Gasteiger partial charge on any atom is 0.306 e. The summed E-state index contributed by atoms with van der Waals surface area (Å²) in [5.74, 6) is 1.54. The second-order valence-electron chi connectivity index (χ2n) is 5.66. The molecule has 2 heterocycles. The zero-order valence-electron chi connectivity index (χ0n) is 13.3. The topological polar surface area (TPSA) is 83.1 Å². The standard InChI is InChI=1S/C15H21N5O2S/c1-20(15-12-3-5-16-14(12)17-9-18-15)11-7-10(8-11)19-23-6-4-13(21)22-2/h3,5,9-11,19H,4,6-8H2,1-2H3,(H,16,17,18). The highest BCUT2D eigenvalue weighted by molar-refractivity contribution is 7.97. The van der Waals surface area contributed by atoms with Gasteiger partial charge in [0.25, 0.3) is 0 Å². The molecule has 8 heteroatoms. The predicted molar refractivity (Wildman–Crippen MR) is 91.3 cm³/mol. The summed E-state index contributed by atoms with van der Waals surface area (Å²) in [7, 11) is 3.50. The molecule has 124 valence electrons. The average molecular weight is 335 g/mol. The number of ether oxygens (including phenoxy) is 1. The van der Waals surface area contributed by atoms with Gasteiger partial charge in [0, 0.05) is 31.1 Å². The summed E-state index contributed by atoms with van der Waals surface area (Å²) >= 11 is 1.59. The fourth-order valence-electron chi connectivity index (χ4n) is 2.73. The van der Waals surface area contributed by atoms with Crippen molar-refractivity contribution in [2.45, 2.75) is 31.3 Å². The molecule has 0 amide bonds. The van der Waals surface area contributed by atoms with Crippen LogP contribution in [0, 0.1) is 0 Å². The number of fused-ring (bicyclic) bond motifs is 1. The molecule has 1 fully saturated rings. The zero-order chi connectivity index (χ0) is 16.2. The van der Waals surface area contributed by atoms with Crippen LogP contribution in [-0.2, 0) is 9.53 Å². The van der Waals surface area contributed by atoms with Gasteiger partial charge in [-0.1, -0.05) is 11.9 Å². The number of H-pyrrole nitrogens is 1. The Hall–Kier alpha value is -1.80. The van der Waals surface area contributed by atoms with E-state index in [1.54, 1.807) is 18.3 Å². The second kappa shape index (κ2) is 7.18. The minimum Gasteiger partial charge on any atom is -0.469 e. The van der Waals surface area contributed by atoms with Crippen molar-refractivity contribution in [2.75, 3.05) is 24.8 Å². The molecule has 1 saturated carbocycles. The van der Waals surface area contributed by atoms with Crippen LogP contribution in [0.4, 0.5) is 5.82 Å². The van der Waals surface area contributed by atoms with Crippen LogP contribution in [-0.4, -0.2) is 52.9 Å². The minimum atomic E-state index is -0.162. The van der Waals surface area contributed by atoms with Gasteiger partial charge in [-0.3, -0.25) is 9.52 Å². The molecule has 2 aromatic heterocycles. The van der Waals surface area contributed by atoms with Crippen LogP contribution >= 0.6 is 11.9 Å². The lowest BCUT2D eigenvalue weighted by atomic mass is 9.86. The first-order valence-electron chi connectivity index (χ1n) is 7.64. The number of nitrogens with zero attached hydrogens (tertiary/aromatic N) is 3. The normalized spacial score (nSPS) is 20.3.